The van der Waals surface area contributed by atoms with Gasteiger partial charge in [0.05, 0.1) is 23.5 Å². The van der Waals surface area contributed by atoms with Gasteiger partial charge in [-0.05, 0) is 58.2 Å². The zero-order valence-electron chi connectivity index (χ0n) is 19.8. The van der Waals surface area contributed by atoms with Crippen LogP contribution in [0.25, 0.3) is 0 Å². The van der Waals surface area contributed by atoms with Crippen molar-refractivity contribution in [1.29, 1.82) is 0 Å². The molecule has 1 aliphatic rings. The number of esters is 1. The van der Waals surface area contributed by atoms with Gasteiger partial charge < -0.3 is 14.4 Å². The summed E-state index contributed by atoms with van der Waals surface area (Å²) in [6.45, 7) is 9.32. The molecule has 180 valence electrons. The maximum absolute atomic E-state index is 13.1. The van der Waals surface area contributed by atoms with Gasteiger partial charge in [0.25, 0.3) is 0 Å². The van der Waals surface area contributed by atoms with Gasteiger partial charge in [0.2, 0.25) is 10.0 Å². The zero-order valence-corrected chi connectivity index (χ0v) is 20.6. The van der Waals surface area contributed by atoms with E-state index in [0.717, 1.165) is 31.2 Å². The van der Waals surface area contributed by atoms with Gasteiger partial charge in [-0.15, -0.1) is 0 Å². The largest absolute Gasteiger partial charge is 0.466 e. The van der Waals surface area contributed by atoms with Gasteiger partial charge in [-0.3, -0.25) is 4.79 Å². The lowest BCUT2D eigenvalue weighted by molar-refractivity contribution is -0.146. The maximum atomic E-state index is 13.1. The van der Waals surface area contributed by atoms with Crippen molar-refractivity contribution in [2.24, 2.45) is 0 Å². The van der Waals surface area contributed by atoms with E-state index in [0.29, 0.717) is 0 Å². The minimum atomic E-state index is -3.90. The van der Waals surface area contributed by atoms with E-state index in [1.54, 1.807) is 39.8 Å². The highest BCUT2D eigenvalue weighted by molar-refractivity contribution is 7.89. The smallest absolute Gasteiger partial charge is 0.410 e. The molecule has 0 radical (unpaired) electrons. The molecule has 1 heterocycles. The number of carbonyl (C=O) groups is 2. The van der Waals surface area contributed by atoms with Gasteiger partial charge in [-0.2, -0.15) is 0 Å². The van der Waals surface area contributed by atoms with Crippen LogP contribution in [0.2, 0.25) is 0 Å². The van der Waals surface area contributed by atoms with Crippen LogP contribution in [0.5, 0.6) is 0 Å². The highest BCUT2D eigenvalue weighted by Crippen LogP contribution is 2.29. The monoisotopic (exact) mass is 468 g/mol. The number of ether oxygens (including phenoxy) is 2. The van der Waals surface area contributed by atoms with Gasteiger partial charge in [0.15, 0.2) is 0 Å². The lowest BCUT2D eigenvalue weighted by atomic mass is 9.88. The first kappa shape index (κ1) is 26.1. The molecule has 2 rings (SSSR count). The van der Waals surface area contributed by atoms with Crippen molar-refractivity contribution in [3.05, 3.63) is 29.8 Å². The summed E-state index contributed by atoms with van der Waals surface area (Å²) in [6.07, 6.45) is 3.50. The van der Waals surface area contributed by atoms with Crippen LogP contribution in [0.1, 0.15) is 65.9 Å². The quantitative estimate of drug-likeness (QED) is 0.415. The molecule has 8 nitrogen and oxygen atoms in total. The van der Waals surface area contributed by atoms with Crippen LogP contribution in [0.3, 0.4) is 0 Å². The molecular weight excluding hydrogens is 432 g/mol. The summed E-state index contributed by atoms with van der Waals surface area (Å²) in [5, 5.41) is 0. The van der Waals surface area contributed by atoms with E-state index in [2.05, 4.69) is 11.6 Å². The number of unbranched alkanes of at least 4 members (excludes halogenated alkanes) is 2. The predicted octanol–water partition coefficient (Wildman–Crippen LogP) is 3.64. The summed E-state index contributed by atoms with van der Waals surface area (Å²) < 4.78 is 39.1. The van der Waals surface area contributed by atoms with Gasteiger partial charge in [-0.1, -0.05) is 31.9 Å². The van der Waals surface area contributed by atoms with Crippen LogP contribution < -0.4 is 4.72 Å². The molecule has 0 aliphatic carbocycles. The molecule has 0 saturated carbocycles. The fourth-order valence-corrected chi connectivity index (χ4v) is 4.98. The van der Waals surface area contributed by atoms with E-state index >= 15 is 0 Å². The summed E-state index contributed by atoms with van der Waals surface area (Å²) in [6, 6.07) is 6.78. The molecule has 1 N–H and O–H groups in total. The molecule has 1 aromatic carbocycles. The molecule has 1 aromatic rings. The second kappa shape index (κ2) is 10.7. The number of benzene rings is 1. The second-order valence-corrected chi connectivity index (χ2v) is 11.0. The van der Waals surface area contributed by atoms with Crippen LogP contribution in [0, 0.1) is 0 Å². The van der Waals surface area contributed by atoms with E-state index < -0.39 is 33.2 Å². The summed E-state index contributed by atoms with van der Waals surface area (Å²) in [5.41, 5.74) is -0.727. The van der Waals surface area contributed by atoms with Crippen LogP contribution in [0.4, 0.5) is 4.79 Å². The Bertz CT molecular complexity index is 884. The number of carbonyl (C=O) groups excluding carboxylic acids is 2. The summed E-state index contributed by atoms with van der Waals surface area (Å²) in [7, 11) is -3.90. The molecule has 0 bridgehead atoms. The number of nitrogens with one attached hydrogen (secondary N) is 1. The first-order valence-corrected chi connectivity index (χ1v) is 12.6. The van der Waals surface area contributed by atoms with Gasteiger partial charge in [-0.25, -0.2) is 17.9 Å². The van der Waals surface area contributed by atoms with Crippen LogP contribution >= 0.6 is 0 Å². The van der Waals surface area contributed by atoms with E-state index in [-0.39, 0.29) is 31.0 Å². The van der Waals surface area contributed by atoms with E-state index in [1.807, 2.05) is 12.1 Å². The highest BCUT2D eigenvalue weighted by atomic mass is 32.2. The van der Waals surface area contributed by atoms with Crippen molar-refractivity contribution in [3.8, 4) is 0 Å². The summed E-state index contributed by atoms with van der Waals surface area (Å²) in [4.78, 5) is 26.0. The van der Waals surface area contributed by atoms with Crippen molar-refractivity contribution >= 4 is 22.1 Å². The minimum absolute atomic E-state index is 0.0229. The van der Waals surface area contributed by atoms with Gasteiger partial charge >= 0.3 is 12.1 Å². The Kier molecular flexibility index (Phi) is 8.70. The highest BCUT2D eigenvalue weighted by Gasteiger charge is 2.50. The average molecular weight is 469 g/mol. The Hall–Kier alpha value is -2.13. The molecule has 0 aromatic heterocycles. The number of sulfonamides is 1. The Morgan fingerprint density at radius 1 is 1.09 bits per heavy atom. The molecule has 9 heteroatoms. The fraction of sp³-hybridized carbons (Fsp3) is 0.652. The Morgan fingerprint density at radius 3 is 2.25 bits per heavy atom. The molecule has 0 atom stereocenters. The number of amides is 1. The predicted molar refractivity (Wildman–Crippen MR) is 122 cm³/mol. The molecule has 1 fully saturated rings. The van der Waals surface area contributed by atoms with Crippen molar-refractivity contribution in [2.75, 3.05) is 19.7 Å². The molecule has 1 saturated heterocycles. The average Bonchev–Trinajstić information content (AvgIpc) is 2.65. The van der Waals surface area contributed by atoms with Crippen molar-refractivity contribution in [2.45, 2.75) is 82.8 Å². The number of likely N-dealkylation sites (tertiary alicyclic amines) is 1. The third-order valence-electron chi connectivity index (χ3n) is 5.08. The second-order valence-electron chi connectivity index (χ2n) is 9.31. The van der Waals surface area contributed by atoms with Gasteiger partial charge in [0.1, 0.15) is 5.60 Å². The van der Waals surface area contributed by atoms with Crippen LogP contribution in [-0.4, -0.2) is 56.2 Å². The van der Waals surface area contributed by atoms with Crippen molar-refractivity contribution in [1.82, 2.24) is 9.62 Å². The number of hydrogen-bond donors (Lipinski definition) is 1. The molecule has 0 unspecified atom stereocenters. The van der Waals surface area contributed by atoms with E-state index in [9.17, 15) is 18.0 Å². The van der Waals surface area contributed by atoms with Crippen LogP contribution in [-0.2, 0) is 30.7 Å². The first-order chi connectivity index (χ1) is 14.9. The topological polar surface area (TPSA) is 102 Å². The molecule has 0 spiro atoms. The third-order valence-corrected chi connectivity index (χ3v) is 6.67. The lowest BCUT2D eigenvalue weighted by Crippen LogP contribution is -2.72. The standard InChI is InChI=1S/C23H36N2O6S/c1-6-8-9-10-18-11-13-19(14-12-18)32(28,29)24-23(15-20(26)30-7-2)16-25(17-23)21(27)31-22(3,4)5/h11-14,24H,6-10,15-17H2,1-5H3. The zero-order chi connectivity index (χ0) is 24.0. The molecular formula is C23H36N2O6S. The van der Waals surface area contributed by atoms with E-state index in [4.69, 9.17) is 9.47 Å². The Labute approximate surface area is 191 Å². The number of aryl methyl sites for hydroxylation is 1. The number of rotatable bonds is 10. The van der Waals surface area contributed by atoms with E-state index in [1.165, 1.54) is 4.90 Å². The maximum Gasteiger partial charge on any atom is 0.410 e. The Balaban J connectivity index is 2.13. The summed E-state index contributed by atoms with van der Waals surface area (Å²) >= 11 is 0. The summed E-state index contributed by atoms with van der Waals surface area (Å²) in [5.74, 6) is -0.523. The SMILES string of the molecule is CCCCCc1ccc(S(=O)(=O)NC2(CC(=O)OCC)CN(C(=O)OC(C)(C)C)C2)cc1. The first-order valence-electron chi connectivity index (χ1n) is 11.2. The minimum Gasteiger partial charge on any atom is -0.466 e. The van der Waals surface area contributed by atoms with Gasteiger partial charge in [0, 0.05) is 13.1 Å². The normalized spacial score (nSPS) is 15.7. The molecule has 1 amide bonds. The number of hydrogen-bond acceptors (Lipinski definition) is 6. The Morgan fingerprint density at radius 2 is 1.72 bits per heavy atom. The fourth-order valence-electron chi connectivity index (χ4n) is 3.60. The lowest BCUT2D eigenvalue weighted by Gasteiger charge is -2.49. The van der Waals surface area contributed by atoms with Crippen LogP contribution in [0.15, 0.2) is 29.2 Å². The molecule has 1 aliphatic heterocycles. The third kappa shape index (κ3) is 7.48. The molecule has 32 heavy (non-hydrogen) atoms. The van der Waals surface area contributed by atoms with Crippen molar-refractivity contribution < 1.29 is 27.5 Å². The van der Waals surface area contributed by atoms with Crippen molar-refractivity contribution in [3.63, 3.8) is 0 Å². The number of nitrogens with zero attached hydrogens (tertiary/aromatic N) is 1.